The molecule has 1 aromatic carbocycles. The zero-order valence-electron chi connectivity index (χ0n) is 11.1. The second kappa shape index (κ2) is 6.86. The van der Waals surface area contributed by atoms with Gasteiger partial charge in [-0.1, -0.05) is 13.0 Å². The quantitative estimate of drug-likeness (QED) is 0.723. The first-order valence-electron chi connectivity index (χ1n) is 5.63. The summed E-state index contributed by atoms with van der Waals surface area (Å²) in [5.41, 5.74) is 0. The van der Waals surface area contributed by atoms with Gasteiger partial charge in [-0.15, -0.1) is 0 Å². The Labute approximate surface area is 117 Å². The summed E-state index contributed by atoms with van der Waals surface area (Å²) in [6.45, 7) is 1.94. The maximum atomic E-state index is 11.0. The van der Waals surface area contributed by atoms with E-state index in [0.29, 0.717) is 17.2 Å². The predicted octanol–water partition coefficient (Wildman–Crippen LogP) is 2.29. The van der Waals surface area contributed by atoms with E-state index in [9.17, 15) is 8.42 Å². The minimum Gasteiger partial charge on any atom is -0.493 e. The summed E-state index contributed by atoms with van der Waals surface area (Å²) >= 11 is 0. The lowest BCUT2D eigenvalue weighted by Crippen LogP contribution is -2.17. The molecule has 0 bridgehead atoms. The fourth-order valence-corrected chi connectivity index (χ4v) is 2.99. The van der Waals surface area contributed by atoms with Crippen molar-refractivity contribution in [2.75, 3.05) is 26.6 Å². The molecular formula is C12H17ClO5S. The molecule has 1 atom stereocenters. The van der Waals surface area contributed by atoms with Crippen molar-refractivity contribution >= 4 is 19.7 Å². The summed E-state index contributed by atoms with van der Waals surface area (Å²) in [5.74, 6) is 1.12. The number of para-hydroxylation sites is 1. The number of halogens is 1. The molecule has 19 heavy (non-hydrogen) atoms. The van der Waals surface area contributed by atoms with Gasteiger partial charge in [-0.2, -0.15) is 0 Å². The number of ether oxygens (including phenoxy) is 3. The lowest BCUT2D eigenvalue weighted by atomic mass is 10.2. The minimum absolute atomic E-state index is 0.147. The second-order valence-electron chi connectivity index (χ2n) is 4.11. The van der Waals surface area contributed by atoms with Crippen LogP contribution in [0.25, 0.3) is 0 Å². The summed E-state index contributed by atoms with van der Waals surface area (Å²) < 4.78 is 37.8. The maximum absolute atomic E-state index is 11.0. The van der Waals surface area contributed by atoms with Crippen molar-refractivity contribution < 1.29 is 22.6 Å². The molecule has 108 valence electrons. The van der Waals surface area contributed by atoms with E-state index in [-0.39, 0.29) is 18.3 Å². The van der Waals surface area contributed by atoms with Gasteiger partial charge in [0, 0.05) is 16.6 Å². The number of hydrogen-bond acceptors (Lipinski definition) is 5. The smallest absolute Gasteiger partial charge is 0.232 e. The molecule has 0 N–H and O–H groups in total. The Bertz CT molecular complexity index is 493. The molecule has 0 radical (unpaired) electrons. The topological polar surface area (TPSA) is 61.8 Å². The van der Waals surface area contributed by atoms with E-state index < -0.39 is 9.05 Å². The van der Waals surface area contributed by atoms with E-state index in [4.69, 9.17) is 24.9 Å². The molecule has 7 heteroatoms. The SMILES string of the molecule is COc1cccc(OC)c1OCC(C)CS(=O)(=O)Cl. The molecule has 0 spiro atoms. The van der Waals surface area contributed by atoms with Crippen molar-refractivity contribution in [1.29, 1.82) is 0 Å². The number of benzene rings is 1. The summed E-state index contributed by atoms with van der Waals surface area (Å²) in [6.07, 6.45) is 0. The van der Waals surface area contributed by atoms with Crippen LogP contribution in [0.3, 0.4) is 0 Å². The Balaban J connectivity index is 2.76. The Kier molecular flexibility index (Phi) is 5.75. The van der Waals surface area contributed by atoms with E-state index in [1.165, 1.54) is 14.2 Å². The van der Waals surface area contributed by atoms with E-state index in [0.717, 1.165) is 0 Å². The molecule has 0 aliphatic heterocycles. The van der Waals surface area contributed by atoms with Crippen molar-refractivity contribution in [3.05, 3.63) is 18.2 Å². The third-order valence-corrected chi connectivity index (χ3v) is 3.72. The monoisotopic (exact) mass is 308 g/mol. The largest absolute Gasteiger partial charge is 0.493 e. The van der Waals surface area contributed by atoms with Gasteiger partial charge in [-0.05, 0) is 12.1 Å². The average molecular weight is 309 g/mol. The van der Waals surface area contributed by atoms with Crippen LogP contribution in [-0.4, -0.2) is 35.0 Å². The van der Waals surface area contributed by atoms with Crippen LogP contribution in [0.5, 0.6) is 17.2 Å². The summed E-state index contributed by atoms with van der Waals surface area (Å²) in [5, 5.41) is 0. The van der Waals surface area contributed by atoms with Gasteiger partial charge in [-0.25, -0.2) is 8.42 Å². The molecule has 0 fully saturated rings. The van der Waals surface area contributed by atoms with E-state index in [1.807, 2.05) is 0 Å². The maximum Gasteiger partial charge on any atom is 0.232 e. The molecule has 1 rings (SSSR count). The van der Waals surface area contributed by atoms with Crippen molar-refractivity contribution in [2.45, 2.75) is 6.92 Å². The first-order chi connectivity index (χ1) is 8.87. The van der Waals surface area contributed by atoms with Crippen molar-refractivity contribution in [1.82, 2.24) is 0 Å². The summed E-state index contributed by atoms with van der Waals surface area (Å²) in [4.78, 5) is 0. The van der Waals surface area contributed by atoms with Crippen LogP contribution in [0.15, 0.2) is 18.2 Å². The third-order valence-electron chi connectivity index (χ3n) is 2.38. The van der Waals surface area contributed by atoms with Crippen LogP contribution in [-0.2, 0) is 9.05 Å². The first kappa shape index (κ1) is 15.9. The fourth-order valence-electron chi connectivity index (χ4n) is 1.57. The molecule has 5 nitrogen and oxygen atoms in total. The number of rotatable bonds is 7. The van der Waals surface area contributed by atoms with Gasteiger partial charge in [0.1, 0.15) is 0 Å². The van der Waals surface area contributed by atoms with E-state index >= 15 is 0 Å². The van der Waals surface area contributed by atoms with E-state index in [2.05, 4.69) is 0 Å². The minimum atomic E-state index is -3.53. The zero-order chi connectivity index (χ0) is 14.5. The lowest BCUT2D eigenvalue weighted by Gasteiger charge is -2.16. The standard InChI is InChI=1S/C12H17ClO5S/c1-9(8-19(13,14)15)7-18-12-10(16-2)5-4-6-11(12)17-3/h4-6,9H,7-8H2,1-3H3. The predicted molar refractivity (Wildman–Crippen MR) is 73.8 cm³/mol. The lowest BCUT2D eigenvalue weighted by molar-refractivity contribution is 0.244. The molecule has 0 saturated carbocycles. The van der Waals surface area contributed by atoms with Crippen molar-refractivity contribution in [3.63, 3.8) is 0 Å². The van der Waals surface area contributed by atoms with Gasteiger partial charge in [0.05, 0.1) is 26.6 Å². The highest BCUT2D eigenvalue weighted by molar-refractivity contribution is 8.13. The highest BCUT2D eigenvalue weighted by Crippen LogP contribution is 2.36. The number of hydrogen-bond donors (Lipinski definition) is 0. The van der Waals surface area contributed by atoms with Crippen molar-refractivity contribution in [3.8, 4) is 17.2 Å². The van der Waals surface area contributed by atoms with Gasteiger partial charge < -0.3 is 14.2 Å². The third kappa shape index (κ3) is 5.16. The number of methoxy groups -OCH3 is 2. The molecule has 0 heterocycles. The van der Waals surface area contributed by atoms with Gasteiger partial charge in [-0.3, -0.25) is 0 Å². The molecule has 0 saturated heterocycles. The second-order valence-corrected chi connectivity index (χ2v) is 6.93. The van der Waals surface area contributed by atoms with Crippen LogP contribution in [0.4, 0.5) is 0 Å². The normalized spacial score (nSPS) is 12.8. The average Bonchev–Trinajstić information content (AvgIpc) is 2.33. The summed E-state index contributed by atoms with van der Waals surface area (Å²) in [7, 11) is 4.71. The van der Waals surface area contributed by atoms with Crippen LogP contribution in [0.2, 0.25) is 0 Å². The first-order valence-corrected chi connectivity index (χ1v) is 8.11. The Morgan fingerprint density at radius 2 is 1.74 bits per heavy atom. The highest BCUT2D eigenvalue weighted by Gasteiger charge is 2.16. The van der Waals surface area contributed by atoms with Gasteiger partial charge in [0.15, 0.2) is 11.5 Å². The Morgan fingerprint density at radius 1 is 1.21 bits per heavy atom. The molecule has 1 aromatic rings. The fraction of sp³-hybridized carbons (Fsp3) is 0.500. The van der Waals surface area contributed by atoms with Crippen LogP contribution >= 0.6 is 10.7 Å². The van der Waals surface area contributed by atoms with Crippen LogP contribution in [0.1, 0.15) is 6.92 Å². The molecule has 1 unspecified atom stereocenters. The van der Waals surface area contributed by atoms with Gasteiger partial charge >= 0.3 is 0 Å². The summed E-state index contributed by atoms with van der Waals surface area (Å²) in [6, 6.07) is 5.25. The Morgan fingerprint density at radius 3 is 2.16 bits per heavy atom. The van der Waals surface area contributed by atoms with E-state index in [1.54, 1.807) is 25.1 Å². The molecular weight excluding hydrogens is 292 g/mol. The van der Waals surface area contributed by atoms with Crippen molar-refractivity contribution in [2.24, 2.45) is 5.92 Å². The van der Waals surface area contributed by atoms with Gasteiger partial charge in [0.2, 0.25) is 14.8 Å². The highest BCUT2D eigenvalue weighted by atomic mass is 35.7. The molecule has 0 aliphatic rings. The van der Waals surface area contributed by atoms with Crippen LogP contribution in [0, 0.1) is 5.92 Å². The van der Waals surface area contributed by atoms with Crippen LogP contribution < -0.4 is 14.2 Å². The zero-order valence-corrected chi connectivity index (χ0v) is 12.6. The molecule has 0 aromatic heterocycles. The van der Waals surface area contributed by atoms with Gasteiger partial charge in [0.25, 0.3) is 0 Å². The molecule has 0 amide bonds. The Hall–Kier alpha value is -1.14. The molecule has 0 aliphatic carbocycles.